The van der Waals surface area contributed by atoms with Gasteiger partial charge in [0.25, 0.3) is 5.91 Å². The molecular formula is C33H35IN4O6S. The summed E-state index contributed by atoms with van der Waals surface area (Å²) in [5, 5.41) is 10.5. The third-order valence-corrected chi connectivity index (χ3v) is 7.57. The molecular weight excluding hydrogens is 707 g/mol. The van der Waals surface area contributed by atoms with Crippen LogP contribution in [-0.4, -0.2) is 43.0 Å². The van der Waals surface area contributed by atoms with E-state index in [1.165, 1.54) is 6.21 Å². The molecule has 0 aromatic heterocycles. The van der Waals surface area contributed by atoms with E-state index < -0.39 is 17.9 Å². The molecule has 236 valence electrons. The number of thiocarbonyl (C=S) groups is 1. The summed E-state index contributed by atoms with van der Waals surface area (Å²) in [4.78, 5) is 25.4. The molecule has 1 atom stereocenters. The summed E-state index contributed by atoms with van der Waals surface area (Å²) in [6, 6.07) is 18.3. The van der Waals surface area contributed by atoms with E-state index in [9.17, 15) is 9.59 Å². The first-order valence-electron chi connectivity index (χ1n) is 14.3. The van der Waals surface area contributed by atoms with E-state index in [1.54, 1.807) is 32.0 Å². The van der Waals surface area contributed by atoms with Crippen molar-refractivity contribution in [1.29, 1.82) is 0 Å². The molecule has 0 fully saturated rings. The Labute approximate surface area is 281 Å². The number of rotatable bonds is 13. The second kappa shape index (κ2) is 16.2. The number of para-hydroxylation sites is 1. The van der Waals surface area contributed by atoms with Gasteiger partial charge in [0.05, 0.1) is 34.6 Å². The number of amides is 1. The van der Waals surface area contributed by atoms with Gasteiger partial charge in [-0.05, 0) is 91.8 Å². The van der Waals surface area contributed by atoms with E-state index in [0.29, 0.717) is 52.4 Å². The van der Waals surface area contributed by atoms with Crippen LogP contribution in [-0.2, 0) is 20.9 Å². The van der Waals surface area contributed by atoms with Crippen LogP contribution in [0.2, 0.25) is 0 Å². The molecule has 0 bridgehead atoms. The molecule has 0 aliphatic carbocycles. The van der Waals surface area contributed by atoms with Crippen LogP contribution in [0.4, 0.5) is 0 Å². The fourth-order valence-electron chi connectivity index (χ4n) is 4.63. The lowest BCUT2D eigenvalue weighted by atomic mass is 9.95. The molecule has 3 aromatic rings. The molecule has 12 heteroatoms. The van der Waals surface area contributed by atoms with Crippen LogP contribution >= 0.6 is 34.8 Å². The summed E-state index contributed by atoms with van der Waals surface area (Å²) in [5.41, 5.74) is 7.03. The van der Waals surface area contributed by atoms with Crippen molar-refractivity contribution >= 4 is 58.0 Å². The zero-order chi connectivity index (χ0) is 32.3. The SMILES string of the molecule is CCOC(=O)C1=C(C)NC(=S)N[C@@H]1c1ccccc1OCC(=O)NN=Cc1cc(I)c(OCc2cccc(C)c2)c(OCC)c1. The minimum atomic E-state index is -0.624. The lowest BCUT2D eigenvalue weighted by Crippen LogP contribution is -2.45. The maximum absolute atomic E-state index is 12.8. The Kier molecular flexibility index (Phi) is 12.2. The molecule has 0 saturated carbocycles. The molecule has 45 heavy (non-hydrogen) atoms. The Bertz CT molecular complexity index is 1630. The van der Waals surface area contributed by atoms with E-state index in [0.717, 1.165) is 20.3 Å². The fraction of sp³-hybridized carbons (Fsp3) is 0.273. The Morgan fingerprint density at radius 1 is 1.00 bits per heavy atom. The molecule has 4 rings (SSSR count). The fourth-order valence-corrected chi connectivity index (χ4v) is 5.69. The van der Waals surface area contributed by atoms with Gasteiger partial charge in [-0.25, -0.2) is 10.2 Å². The van der Waals surface area contributed by atoms with Gasteiger partial charge in [-0.2, -0.15) is 5.10 Å². The van der Waals surface area contributed by atoms with Crippen LogP contribution in [0.3, 0.4) is 0 Å². The maximum atomic E-state index is 12.8. The summed E-state index contributed by atoms with van der Waals surface area (Å²) in [6.45, 7) is 8.23. The normalized spacial score (nSPS) is 14.4. The van der Waals surface area contributed by atoms with E-state index in [2.05, 4.69) is 49.8 Å². The number of ether oxygens (including phenoxy) is 4. The van der Waals surface area contributed by atoms with Gasteiger partial charge in [-0.15, -0.1) is 0 Å². The van der Waals surface area contributed by atoms with E-state index in [4.69, 9.17) is 31.2 Å². The number of hydrogen-bond acceptors (Lipinski definition) is 8. The highest BCUT2D eigenvalue weighted by molar-refractivity contribution is 14.1. The first-order valence-corrected chi connectivity index (χ1v) is 15.8. The van der Waals surface area contributed by atoms with Crippen LogP contribution < -0.4 is 30.3 Å². The molecule has 0 spiro atoms. The molecule has 1 aliphatic heterocycles. The molecule has 1 heterocycles. The van der Waals surface area contributed by atoms with E-state index in [1.807, 2.05) is 50.2 Å². The minimum absolute atomic E-state index is 0.226. The zero-order valence-electron chi connectivity index (χ0n) is 25.4. The van der Waals surface area contributed by atoms with Crippen LogP contribution in [0.5, 0.6) is 17.2 Å². The Balaban J connectivity index is 1.41. The van der Waals surface area contributed by atoms with Gasteiger partial charge in [-0.3, -0.25) is 4.79 Å². The number of nitrogens with zero attached hydrogens (tertiary/aromatic N) is 1. The standard InChI is InChI=1S/C33H35IN4O6S/c1-5-41-27-16-23(15-25(34)31(27)44-18-22-11-9-10-20(3)14-22)17-35-38-28(39)19-43-26-13-8-7-12-24(26)30-29(32(40)42-6-2)21(4)36-33(45)37-30/h7-17,30H,5-6,18-19H2,1-4H3,(H,38,39)(H2,36,37,45)/t30-/m1/s1. The van der Waals surface area contributed by atoms with E-state index in [-0.39, 0.29) is 13.2 Å². The van der Waals surface area contributed by atoms with Crippen molar-refractivity contribution in [3.63, 3.8) is 0 Å². The van der Waals surface area contributed by atoms with Gasteiger partial charge < -0.3 is 29.6 Å². The number of benzene rings is 3. The lowest BCUT2D eigenvalue weighted by Gasteiger charge is -2.30. The second-order valence-corrected chi connectivity index (χ2v) is 11.5. The van der Waals surface area contributed by atoms with Crippen molar-refractivity contribution < 1.29 is 28.5 Å². The first-order chi connectivity index (χ1) is 21.7. The van der Waals surface area contributed by atoms with Gasteiger partial charge in [0.1, 0.15) is 12.4 Å². The van der Waals surface area contributed by atoms with Gasteiger partial charge in [0, 0.05) is 11.3 Å². The van der Waals surface area contributed by atoms with Crippen molar-refractivity contribution in [2.24, 2.45) is 5.10 Å². The van der Waals surface area contributed by atoms with Crippen LogP contribution in [0.1, 0.15) is 49.1 Å². The Morgan fingerprint density at radius 2 is 1.80 bits per heavy atom. The molecule has 3 aromatic carbocycles. The number of nitrogens with one attached hydrogen (secondary N) is 3. The van der Waals surface area contributed by atoms with Crippen molar-refractivity contribution in [1.82, 2.24) is 16.1 Å². The first kappa shape index (κ1) is 33.7. The number of allylic oxidation sites excluding steroid dienone is 1. The monoisotopic (exact) mass is 742 g/mol. The third kappa shape index (κ3) is 9.17. The number of aryl methyl sites for hydroxylation is 1. The number of carbonyl (C=O) groups is 2. The molecule has 0 radical (unpaired) electrons. The predicted octanol–water partition coefficient (Wildman–Crippen LogP) is 5.46. The highest BCUT2D eigenvalue weighted by atomic mass is 127. The van der Waals surface area contributed by atoms with E-state index >= 15 is 0 Å². The lowest BCUT2D eigenvalue weighted by molar-refractivity contribution is -0.139. The van der Waals surface area contributed by atoms with Crippen molar-refractivity contribution in [3.05, 3.63) is 97.8 Å². The summed E-state index contributed by atoms with van der Waals surface area (Å²) in [7, 11) is 0. The molecule has 10 nitrogen and oxygen atoms in total. The number of halogens is 1. The maximum Gasteiger partial charge on any atom is 0.338 e. The quantitative estimate of drug-likeness (QED) is 0.0690. The van der Waals surface area contributed by atoms with Gasteiger partial charge in [-0.1, -0.05) is 48.0 Å². The average Bonchev–Trinajstić information content (AvgIpc) is 2.99. The van der Waals surface area contributed by atoms with Gasteiger partial charge in [0.15, 0.2) is 23.2 Å². The highest BCUT2D eigenvalue weighted by Crippen LogP contribution is 2.35. The summed E-state index contributed by atoms with van der Waals surface area (Å²) in [5.74, 6) is 0.697. The highest BCUT2D eigenvalue weighted by Gasteiger charge is 2.32. The molecule has 3 N–H and O–H groups in total. The average molecular weight is 743 g/mol. The third-order valence-electron chi connectivity index (χ3n) is 6.55. The minimum Gasteiger partial charge on any atom is -0.490 e. The van der Waals surface area contributed by atoms with Crippen molar-refractivity contribution in [2.75, 3.05) is 19.8 Å². The predicted molar refractivity (Wildman–Crippen MR) is 184 cm³/mol. The number of hydrogen-bond donors (Lipinski definition) is 3. The largest absolute Gasteiger partial charge is 0.490 e. The molecule has 0 saturated heterocycles. The summed E-state index contributed by atoms with van der Waals surface area (Å²) in [6.07, 6.45) is 1.53. The molecule has 0 unspecified atom stereocenters. The smallest absolute Gasteiger partial charge is 0.338 e. The van der Waals surface area contributed by atoms with Crippen LogP contribution in [0.15, 0.2) is 77.0 Å². The number of esters is 1. The van der Waals surface area contributed by atoms with Crippen molar-refractivity contribution in [2.45, 2.75) is 40.3 Å². The van der Waals surface area contributed by atoms with Crippen molar-refractivity contribution in [3.8, 4) is 17.2 Å². The summed E-state index contributed by atoms with van der Waals surface area (Å²) < 4.78 is 24.0. The second-order valence-electron chi connectivity index (χ2n) is 9.95. The van der Waals surface area contributed by atoms with Gasteiger partial charge >= 0.3 is 5.97 Å². The summed E-state index contributed by atoms with van der Waals surface area (Å²) >= 11 is 7.53. The van der Waals surface area contributed by atoms with Gasteiger partial charge in [0.2, 0.25) is 0 Å². The molecule has 1 amide bonds. The zero-order valence-corrected chi connectivity index (χ0v) is 28.4. The van der Waals surface area contributed by atoms with Crippen LogP contribution in [0.25, 0.3) is 0 Å². The number of carbonyl (C=O) groups excluding carboxylic acids is 2. The Hall–Kier alpha value is -4.17. The van der Waals surface area contributed by atoms with Crippen LogP contribution in [0, 0.1) is 10.5 Å². The molecule has 1 aliphatic rings. The Morgan fingerprint density at radius 3 is 2.56 bits per heavy atom. The topological polar surface area (TPSA) is 120 Å². The number of hydrazone groups is 1.